The summed E-state index contributed by atoms with van der Waals surface area (Å²) in [5.41, 5.74) is 1.72. The Bertz CT molecular complexity index is 522. The van der Waals surface area contributed by atoms with Gasteiger partial charge in [0.25, 0.3) is 0 Å². The average Bonchev–Trinajstić information content (AvgIpc) is 2.89. The van der Waals surface area contributed by atoms with E-state index in [0.29, 0.717) is 17.4 Å². The average molecular weight is 333 g/mol. The fraction of sp³-hybridized carbons (Fsp3) is 0.909. The Morgan fingerprint density at radius 3 is 2.46 bits per heavy atom. The maximum atomic E-state index is 10.6. The van der Waals surface area contributed by atoms with Crippen LogP contribution >= 0.6 is 0 Å². The molecule has 0 bridgehead atoms. The van der Waals surface area contributed by atoms with Crippen molar-refractivity contribution in [3.8, 4) is 0 Å². The van der Waals surface area contributed by atoms with Crippen LogP contribution in [0.5, 0.6) is 0 Å². The van der Waals surface area contributed by atoms with Gasteiger partial charge in [0.2, 0.25) is 0 Å². The first-order valence-electron chi connectivity index (χ1n) is 10.3. The first-order valence-corrected chi connectivity index (χ1v) is 10.3. The number of allylic oxidation sites excluding steroid dienone is 2. The molecule has 0 aromatic heterocycles. The predicted molar refractivity (Wildman–Crippen MR) is 97.7 cm³/mol. The second-order valence-corrected chi connectivity index (χ2v) is 9.82. The van der Waals surface area contributed by atoms with Crippen LogP contribution in [-0.2, 0) is 4.74 Å². The Morgan fingerprint density at radius 2 is 1.75 bits per heavy atom. The van der Waals surface area contributed by atoms with Gasteiger partial charge in [0.05, 0.1) is 11.7 Å². The third-order valence-corrected chi connectivity index (χ3v) is 8.77. The van der Waals surface area contributed by atoms with Gasteiger partial charge in [-0.25, -0.2) is 0 Å². The molecule has 1 N–H and O–H groups in total. The molecule has 0 saturated heterocycles. The molecule has 0 amide bonds. The molecule has 4 aliphatic carbocycles. The van der Waals surface area contributed by atoms with Gasteiger partial charge in [-0.15, -0.1) is 0 Å². The summed E-state index contributed by atoms with van der Waals surface area (Å²) in [5.74, 6) is 3.95. The highest BCUT2D eigenvalue weighted by Gasteiger charge is 2.57. The van der Waals surface area contributed by atoms with E-state index in [1.807, 2.05) is 14.0 Å². The lowest BCUT2D eigenvalue weighted by molar-refractivity contribution is -0.146. The van der Waals surface area contributed by atoms with Gasteiger partial charge in [-0.2, -0.15) is 0 Å². The van der Waals surface area contributed by atoms with Crippen molar-refractivity contribution in [1.29, 1.82) is 0 Å². The summed E-state index contributed by atoms with van der Waals surface area (Å²) >= 11 is 0. The van der Waals surface area contributed by atoms with Crippen LogP contribution in [0.1, 0.15) is 72.1 Å². The molecule has 0 heterocycles. The first kappa shape index (κ1) is 17.1. The topological polar surface area (TPSA) is 29.5 Å². The summed E-state index contributed by atoms with van der Waals surface area (Å²) in [6.07, 6.45) is 12.6. The maximum Gasteiger partial charge on any atom is 0.0623 e. The fourth-order valence-electron chi connectivity index (χ4n) is 7.62. The van der Waals surface area contributed by atoms with Crippen LogP contribution in [0.15, 0.2) is 11.6 Å². The van der Waals surface area contributed by atoms with Gasteiger partial charge in [-0.3, -0.25) is 0 Å². The molecular formula is C22H36O2. The Labute approximate surface area is 148 Å². The van der Waals surface area contributed by atoms with Crippen LogP contribution in [-0.4, -0.2) is 23.9 Å². The van der Waals surface area contributed by atoms with Gasteiger partial charge in [0.15, 0.2) is 0 Å². The van der Waals surface area contributed by atoms with E-state index in [2.05, 4.69) is 19.9 Å². The summed E-state index contributed by atoms with van der Waals surface area (Å²) in [6.45, 7) is 6.83. The van der Waals surface area contributed by atoms with Crippen LogP contribution in [0.3, 0.4) is 0 Å². The van der Waals surface area contributed by atoms with Gasteiger partial charge in [-0.1, -0.05) is 18.6 Å². The number of methoxy groups -OCH3 is 1. The molecule has 0 aromatic rings. The Hall–Kier alpha value is -0.340. The summed E-state index contributed by atoms with van der Waals surface area (Å²) in [4.78, 5) is 0. The van der Waals surface area contributed by atoms with E-state index in [0.717, 1.165) is 36.5 Å². The summed E-state index contributed by atoms with van der Waals surface area (Å²) in [5, 5.41) is 10.6. The van der Waals surface area contributed by atoms with E-state index >= 15 is 0 Å². The summed E-state index contributed by atoms with van der Waals surface area (Å²) in [7, 11) is 1.90. The van der Waals surface area contributed by atoms with E-state index in [-0.39, 0.29) is 0 Å². The van der Waals surface area contributed by atoms with Gasteiger partial charge >= 0.3 is 0 Å². The van der Waals surface area contributed by atoms with Gasteiger partial charge in [0, 0.05) is 7.11 Å². The third-order valence-electron chi connectivity index (χ3n) is 8.77. The second kappa shape index (κ2) is 5.84. The molecule has 0 aromatic carbocycles. The third kappa shape index (κ3) is 2.43. The molecule has 136 valence electrons. The van der Waals surface area contributed by atoms with Gasteiger partial charge in [-0.05, 0) is 100 Å². The van der Waals surface area contributed by atoms with Crippen molar-refractivity contribution in [1.82, 2.24) is 0 Å². The number of aliphatic hydroxyl groups is 1. The van der Waals surface area contributed by atoms with Crippen LogP contribution in [0.4, 0.5) is 0 Å². The fourth-order valence-corrected chi connectivity index (χ4v) is 7.62. The number of rotatable bonds is 1. The smallest absolute Gasteiger partial charge is 0.0623 e. The summed E-state index contributed by atoms with van der Waals surface area (Å²) in [6, 6.07) is 0. The molecule has 8 atom stereocenters. The zero-order valence-corrected chi connectivity index (χ0v) is 16.1. The lowest BCUT2D eigenvalue weighted by Gasteiger charge is -2.58. The maximum absolute atomic E-state index is 10.6. The molecule has 2 nitrogen and oxygen atoms in total. The minimum absolute atomic E-state index is 0.361. The van der Waals surface area contributed by atoms with Crippen molar-refractivity contribution in [3.05, 3.63) is 11.6 Å². The minimum atomic E-state index is -0.473. The molecule has 2 heteroatoms. The van der Waals surface area contributed by atoms with Crippen LogP contribution < -0.4 is 0 Å². The van der Waals surface area contributed by atoms with Crippen molar-refractivity contribution in [2.45, 2.75) is 83.8 Å². The van der Waals surface area contributed by atoms with Crippen LogP contribution in [0.2, 0.25) is 0 Å². The quantitative estimate of drug-likeness (QED) is 0.688. The van der Waals surface area contributed by atoms with Crippen molar-refractivity contribution in [3.63, 3.8) is 0 Å². The Morgan fingerprint density at radius 1 is 1.04 bits per heavy atom. The standard InChI is InChI=1S/C22H36O2/c1-5-14-6-7-19-17-12-20(24-4)18-13-21(2,23)10-8-16(18)15(17)9-11-22(14,19)3/h5,15-20,23H,6-13H2,1-4H3/t15-,16-,17-,18+,19+,20-,21-,22-/m1/s1. The van der Waals surface area contributed by atoms with Gasteiger partial charge in [0.1, 0.15) is 0 Å². The van der Waals surface area contributed by atoms with E-state index in [1.54, 1.807) is 5.57 Å². The molecule has 0 unspecified atom stereocenters. The van der Waals surface area contributed by atoms with E-state index in [4.69, 9.17) is 4.74 Å². The predicted octanol–water partition coefficient (Wildman–Crippen LogP) is 4.96. The lowest BCUT2D eigenvalue weighted by Crippen LogP contribution is -2.54. The molecule has 0 aliphatic heterocycles. The highest BCUT2D eigenvalue weighted by Crippen LogP contribution is 2.64. The number of ether oxygens (including phenoxy) is 1. The second-order valence-electron chi connectivity index (χ2n) is 9.82. The van der Waals surface area contributed by atoms with Crippen molar-refractivity contribution < 1.29 is 9.84 Å². The molecule has 0 spiro atoms. The van der Waals surface area contributed by atoms with Crippen molar-refractivity contribution >= 4 is 0 Å². The number of hydrogen-bond acceptors (Lipinski definition) is 2. The lowest BCUT2D eigenvalue weighted by atomic mass is 9.49. The molecular weight excluding hydrogens is 296 g/mol. The monoisotopic (exact) mass is 332 g/mol. The van der Waals surface area contributed by atoms with E-state index in [9.17, 15) is 5.11 Å². The SMILES string of the molecule is CC=C1CC[C@H]2[C@@H]3C[C@@H](OC)[C@H]4C[C@](C)(O)CC[C@@H]4[C@H]3CC[C@]12C. The molecule has 4 fully saturated rings. The zero-order chi connectivity index (χ0) is 17.1. The minimum Gasteiger partial charge on any atom is -0.390 e. The molecule has 0 radical (unpaired) electrons. The highest BCUT2D eigenvalue weighted by molar-refractivity contribution is 5.23. The molecule has 24 heavy (non-hydrogen) atoms. The number of hydrogen-bond donors (Lipinski definition) is 1. The first-order chi connectivity index (χ1) is 11.4. The van der Waals surface area contributed by atoms with Crippen molar-refractivity contribution in [2.75, 3.05) is 7.11 Å². The largest absolute Gasteiger partial charge is 0.390 e. The normalized spacial score (nSPS) is 55.8. The number of fused-ring (bicyclic) bond motifs is 5. The Balaban J connectivity index is 1.63. The molecule has 4 aliphatic rings. The summed E-state index contributed by atoms with van der Waals surface area (Å²) < 4.78 is 6.01. The van der Waals surface area contributed by atoms with Crippen molar-refractivity contribution in [2.24, 2.45) is 35.0 Å². The Kier molecular flexibility index (Phi) is 4.16. The molecule has 4 saturated carbocycles. The highest BCUT2D eigenvalue weighted by atomic mass is 16.5. The van der Waals surface area contributed by atoms with E-state index in [1.165, 1.54) is 38.5 Å². The zero-order valence-electron chi connectivity index (χ0n) is 16.1. The molecule has 4 rings (SSSR count). The van der Waals surface area contributed by atoms with Crippen LogP contribution in [0, 0.1) is 35.0 Å². The van der Waals surface area contributed by atoms with Gasteiger partial charge < -0.3 is 9.84 Å². The van der Waals surface area contributed by atoms with E-state index < -0.39 is 5.60 Å². The van der Waals surface area contributed by atoms with Crippen LogP contribution in [0.25, 0.3) is 0 Å².